The lowest BCUT2D eigenvalue weighted by Gasteiger charge is -2.18. The molecule has 1 unspecified atom stereocenters. The van der Waals surface area contributed by atoms with Crippen LogP contribution in [0.4, 0.5) is 14.5 Å². The van der Waals surface area contributed by atoms with Crippen LogP contribution in [0.3, 0.4) is 0 Å². The van der Waals surface area contributed by atoms with Crippen LogP contribution in [0.1, 0.15) is 23.7 Å². The van der Waals surface area contributed by atoms with Crippen molar-refractivity contribution in [3.8, 4) is 11.5 Å². The van der Waals surface area contributed by atoms with Crippen molar-refractivity contribution in [2.75, 3.05) is 11.4 Å². The quantitative estimate of drug-likeness (QED) is 0.716. The van der Waals surface area contributed by atoms with Gasteiger partial charge in [0.1, 0.15) is 11.6 Å². The smallest absolute Gasteiger partial charge is 0.260 e. The fourth-order valence-electron chi connectivity index (χ4n) is 3.13. The number of hydrogen-bond donors (Lipinski definition) is 0. The lowest BCUT2D eigenvalue weighted by Crippen LogP contribution is -2.25. The van der Waals surface area contributed by atoms with Gasteiger partial charge in [0, 0.05) is 24.6 Å². The lowest BCUT2D eigenvalue weighted by molar-refractivity contribution is -0.117. The second-order valence-electron chi connectivity index (χ2n) is 6.27. The van der Waals surface area contributed by atoms with Crippen molar-refractivity contribution in [3.05, 3.63) is 65.5 Å². The molecule has 1 aliphatic heterocycles. The van der Waals surface area contributed by atoms with Crippen LogP contribution >= 0.6 is 0 Å². The zero-order valence-electron chi connectivity index (χ0n) is 13.9. The molecule has 0 aliphatic carbocycles. The summed E-state index contributed by atoms with van der Waals surface area (Å²) in [6.45, 7) is 2.14. The van der Waals surface area contributed by atoms with Gasteiger partial charge in [-0.3, -0.25) is 4.79 Å². The number of carbonyl (C=O) groups excluding carboxylic acids is 1. The van der Waals surface area contributed by atoms with Gasteiger partial charge in [0.15, 0.2) is 5.82 Å². The fourth-order valence-corrected chi connectivity index (χ4v) is 3.13. The second kappa shape index (κ2) is 6.33. The summed E-state index contributed by atoms with van der Waals surface area (Å²) >= 11 is 0. The number of halogens is 2. The maximum absolute atomic E-state index is 13.9. The first kappa shape index (κ1) is 16.4. The van der Waals surface area contributed by atoms with Crippen LogP contribution in [0.2, 0.25) is 0 Å². The molecule has 5 nitrogen and oxygen atoms in total. The van der Waals surface area contributed by atoms with E-state index in [1.54, 1.807) is 24.3 Å². The van der Waals surface area contributed by atoms with Crippen LogP contribution in [0.5, 0.6) is 0 Å². The Hall–Kier alpha value is -3.09. The number of nitrogens with zero attached hydrogens (tertiary/aromatic N) is 3. The highest BCUT2D eigenvalue weighted by molar-refractivity contribution is 5.97. The molecule has 1 amide bonds. The van der Waals surface area contributed by atoms with Gasteiger partial charge in [-0.15, -0.1) is 0 Å². The molecule has 2 heterocycles. The Morgan fingerprint density at radius 2 is 2.00 bits per heavy atom. The van der Waals surface area contributed by atoms with Crippen molar-refractivity contribution in [2.24, 2.45) is 0 Å². The van der Waals surface area contributed by atoms with Gasteiger partial charge in [-0.25, -0.2) is 8.78 Å². The van der Waals surface area contributed by atoms with Crippen molar-refractivity contribution in [2.45, 2.75) is 19.3 Å². The first-order chi connectivity index (χ1) is 12.5. The van der Waals surface area contributed by atoms with E-state index < -0.39 is 11.6 Å². The number of benzene rings is 2. The molecule has 2 aromatic carbocycles. The number of rotatable bonds is 3. The van der Waals surface area contributed by atoms with Crippen molar-refractivity contribution in [1.29, 1.82) is 0 Å². The third-order valence-electron chi connectivity index (χ3n) is 4.50. The van der Waals surface area contributed by atoms with Gasteiger partial charge in [-0.05, 0) is 36.8 Å². The molecule has 1 aliphatic rings. The van der Waals surface area contributed by atoms with Crippen molar-refractivity contribution in [1.82, 2.24) is 10.1 Å². The van der Waals surface area contributed by atoms with E-state index in [0.717, 1.165) is 5.56 Å². The van der Waals surface area contributed by atoms with Crippen LogP contribution in [0.25, 0.3) is 11.5 Å². The van der Waals surface area contributed by atoms with Crippen molar-refractivity contribution < 1.29 is 18.1 Å². The Morgan fingerprint density at radius 1 is 1.19 bits per heavy atom. The van der Waals surface area contributed by atoms with Gasteiger partial charge in [-0.1, -0.05) is 23.4 Å². The molecule has 3 aromatic rings. The largest absolute Gasteiger partial charge is 0.334 e. The second-order valence-corrected chi connectivity index (χ2v) is 6.27. The molecule has 7 heteroatoms. The van der Waals surface area contributed by atoms with E-state index in [1.165, 1.54) is 23.1 Å². The molecule has 1 saturated heterocycles. The molecule has 1 atom stereocenters. The number of carbonyl (C=O) groups is 1. The standard InChI is InChI=1S/C19H15F2N3O2/c1-11-6-7-13(20)9-16(11)24-10-12(8-17(24)25)18-22-19(26-23-18)14-4-2-3-5-15(14)21/h2-7,9,12H,8,10H2,1H3. The molecule has 0 spiro atoms. The summed E-state index contributed by atoms with van der Waals surface area (Å²) in [6.07, 6.45) is 0.187. The Kier molecular flexibility index (Phi) is 3.99. The van der Waals surface area contributed by atoms with Crippen molar-refractivity contribution in [3.63, 3.8) is 0 Å². The molecule has 0 bridgehead atoms. The molecule has 132 valence electrons. The maximum atomic E-state index is 13.9. The number of aryl methyl sites for hydroxylation is 1. The van der Waals surface area contributed by atoms with Gasteiger partial charge in [-0.2, -0.15) is 4.98 Å². The normalized spacial score (nSPS) is 17.1. The summed E-state index contributed by atoms with van der Waals surface area (Å²) in [6, 6.07) is 10.5. The fraction of sp³-hybridized carbons (Fsp3) is 0.211. The summed E-state index contributed by atoms with van der Waals surface area (Å²) in [5.74, 6) is -0.875. The first-order valence-corrected chi connectivity index (χ1v) is 8.18. The number of aromatic nitrogens is 2. The molecule has 0 saturated carbocycles. The summed E-state index contributed by atoms with van der Waals surface area (Å²) in [5.41, 5.74) is 1.56. The lowest BCUT2D eigenvalue weighted by atomic mass is 10.1. The number of hydrogen-bond acceptors (Lipinski definition) is 4. The van der Waals surface area contributed by atoms with Gasteiger partial charge in [0.25, 0.3) is 5.89 Å². The third kappa shape index (κ3) is 2.85. The van der Waals surface area contributed by atoms with E-state index in [-0.39, 0.29) is 29.7 Å². The molecule has 1 aromatic heterocycles. The Balaban J connectivity index is 1.60. The van der Waals surface area contributed by atoms with Gasteiger partial charge < -0.3 is 9.42 Å². The minimum Gasteiger partial charge on any atom is -0.334 e. The summed E-state index contributed by atoms with van der Waals surface area (Å²) < 4.78 is 32.6. The van der Waals surface area contributed by atoms with E-state index in [0.29, 0.717) is 18.1 Å². The van der Waals surface area contributed by atoms with E-state index in [2.05, 4.69) is 10.1 Å². The Bertz CT molecular complexity index is 986. The SMILES string of the molecule is Cc1ccc(F)cc1N1CC(c2noc(-c3ccccc3F)n2)CC1=O. The summed E-state index contributed by atoms with van der Waals surface area (Å²) in [7, 11) is 0. The van der Waals surface area contributed by atoms with Gasteiger partial charge in [0.05, 0.1) is 5.56 Å². The Morgan fingerprint density at radius 3 is 2.81 bits per heavy atom. The predicted molar refractivity (Wildman–Crippen MR) is 90.5 cm³/mol. The third-order valence-corrected chi connectivity index (χ3v) is 4.50. The highest BCUT2D eigenvalue weighted by Gasteiger charge is 2.35. The minimum absolute atomic E-state index is 0.0749. The van der Waals surface area contributed by atoms with E-state index in [9.17, 15) is 13.6 Å². The van der Waals surface area contributed by atoms with E-state index >= 15 is 0 Å². The average molecular weight is 355 g/mol. The molecular formula is C19H15F2N3O2. The molecule has 0 radical (unpaired) electrons. The molecular weight excluding hydrogens is 340 g/mol. The zero-order valence-corrected chi connectivity index (χ0v) is 13.9. The topological polar surface area (TPSA) is 59.2 Å². The minimum atomic E-state index is -0.456. The molecule has 0 N–H and O–H groups in total. The van der Waals surface area contributed by atoms with Crippen LogP contribution < -0.4 is 4.90 Å². The van der Waals surface area contributed by atoms with Crippen LogP contribution in [-0.2, 0) is 4.79 Å². The van der Waals surface area contributed by atoms with E-state index in [1.807, 2.05) is 6.92 Å². The summed E-state index contributed by atoms with van der Waals surface area (Å²) in [5, 5.41) is 3.91. The molecule has 1 fully saturated rings. The monoisotopic (exact) mass is 355 g/mol. The van der Waals surface area contributed by atoms with Gasteiger partial charge >= 0.3 is 0 Å². The summed E-state index contributed by atoms with van der Waals surface area (Å²) in [4.78, 5) is 18.2. The van der Waals surface area contributed by atoms with Crippen molar-refractivity contribution >= 4 is 11.6 Å². The van der Waals surface area contributed by atoms with Crippen LogP contribution in [0, 0.1) is 18.6 Å². The highest BCUT2D eigenvalue weighted by Crippen LogP contribution is 2.33. The van der Waals surface area contributed by atoms with Gasteiger partial charge in [0.2, 0.25) is 5.91 Å². The van der Waals surface area contributed by atoms with Crippen LogP contribution in [-0.4, -0.2) is 22.6 Å². The zero-order chi connectivity index (χ0) is 18.3. The highest BCUT2D eigenvalue weighted by atomic mass is 19.1. The molecule has 4 rings (SSSR count). The average Bonchev–Trinajstić information content (AvgIpc) is 3.24. The predicted octanol–water partition coefficient (Wildman–Crippen LogP) is 3.84. The first-order valence-electron chi connectivity index (χ1n) is 8.18. The molecule has 26 heavy (non-hydrogen) atoms. The number of amides is 1. The van der Waals surface area contributed by atoms with E-state index in [4.69, 9.17) is 4.52 Å². The number of anilines is 1. The maximum Gasteiger partial charge on any atom is 0.260 e. The van der Waals surface area contributed by atoms with Crippen LogP contribution in [0.15, 0.2) is 47.0 Å². The Labute approximate surface area is 148 Å².